The van der Waals surface area contributed by atoms with E-state index >= 15 is 0 Å². The maximum absolute atomic E-state index is 13.8. The van der Waals surface area contributed by atoms with Crippen molar-refractivity contribution in [1.29, 1.82) is 0 Å². The minimum absolute atomic E-state index is 0.0185. The van der Waals surface area contributed by atoms with Gasteiger partial charge in [-0.05, 0) is 35.4 Å². The first-order chi connectivity index (χ1) is 11.7. The summed E-state index contributed by atoms with van der Waals surface area (Å²) < 4.78 is 33.1. The first-order valence-corrected chi connectivity index (χ1v) is 7.60. The molecule has 0 atom stereocenters. The van der Waals surface area contributed by atoms with Crippen molar-refractivity contribution in [2.24, 2.45) is 0 Å². The zero-order valence-electron chi connectivity index (χ0n) is 12.9. The fourth-order valence-electron chi connectivity index (χ4n) is 2.55. The molecular formula is C19H17F2NO2. The van der Waals surface area contributed by atoms with Crippen LogP contribution < -0.4 is 5.32 Å². The Balaban J connectivity index is 1.67. The summed E-state index contributed by atoms with van der Waals surface area (Å²) >= 11 is 0. The number of hydrogen-bond donors (Lipinski definition) is 2. The molecule has 1 aromatic heterocycles. The Morgan fingerprint density at radius 2 is 1.54 bits per heavy atom. The molecule has 5 heteroatoms. The van der Waals surface area contributed by atoms with Gasteiger partial charge in [0.25, 0.3) is 0 Å². The maximum Gasteiger partial charge on any atom is 0.140 e. The minimum Gasteiger partial charge on any atom is -0.460 e. The van der Waals surface area contributed by atoms with E-state index in [4.69, 9.17) is 4.42 Å². The SMILES string of the molecule is OCc1ccccc1CNCc1ccc(-c2c(F)cccc2F)o1. The van der Waals surface area contributed by atoms with Crippen LogP contribution in [0.15, 0.2) is 59.0 Å². The van der Waals surface area contributed by atoms with Crippen molar-refractivity contribution < 1.29 is 18.3 Å². The van der Waals surface area contributed by atoms with E-state index in [1.54, 1.807) is 12.1 Å². The zero-order valence-corrected chi connectivity index (χ0v) is 12.9. The average molecular weight is 329 g/mol. The Hall–Kier alpha value is -2.50. The summed E-state index contributed by atoms with van der Waals surface area (Å²) in [5.74, 6) is -0.561. The van der Waals surface area contributed by atoms with Gasteiger partial charge in [0.15, 0.2) is 0 Å². The third-order valence-corrected chi connectivity index (χ3v) is 3.77. The summed E-state index contributed by atoms with van der Waals surface area (Å²) in [5, 5.41) is 12.5. The molecule has 0 radical (unpaired) electrons. The molecule has 0 aliphatic heterocycles. The molecule has 0 amide bonds. The fraction of sp³-hybridized carbons (Fsp3) is 0.158. The van der Waals surface area contributed by atoms with E-state index in [2.05, 4.69) is 5.32 Å². The van der Waals surface area contributed by atoms with Gasteiger partial charge in [-0.25, -0.2) is 8.78 Å². The summed E-state index contributed by atoms with van der Waals surface area (Å²) in [4.78, 5) is 0. The van der Waals surface area contributed by atoms with Crippen molar-refractivity contribution in [3.63, 3.8) is 0 Å². The molecule has 2 aromatic carbocycles. The normalized spacial score (nSPS) is 11.0. The molecule has 0 bridgehead atoms. The Kier molecular flexibility index (Phi) is 5.03. The summed E-state index contributed by atoms with van der Waals surface area (Å²) in [6, 6.07) is 14.5. The van der Waals surface area contributed by atoms with E-state index in [9.17, 15) is 13.9 Å². The third-order valence-electron chi connectivity index (χ3n) is 3.77. The van der Waals surface area contributed by atoms with Crippen molar-refractivity contribution in [2.45, 2.75) is 19.7 Å². The Labute approximate surface area is 138 Å². The molecule has 124 valence electrons. The number of rotatable bonds is 6. The van der Waals surface area contributed by atoms with E-state index < -0.39 is 11.6 Å². The molecule has 1 heterocycles. The second-order valence-corrected chi connectivity index (χ2v) is 5.39. The van der Waals surface area contributed by atoms with Crippen LogP contribution in [0.5, 0.6) is 0 Å². The van der Waals surface area contributed by atoms with Crippen molar-refractivity contribution >= 4 is 0 Å². The van der Waals surface area contributed by atoms with Gasteiger partial charge in [0, 0.05) is 6.54 Å². The van der Waals surface area contributed by atoms with Gasteiger partial charge in [-0.1, -0.05) is 30.3 Å². The van der Waals surface area contributed by atoms with Crippen LogP contribution in [0.25, 0.3) is 11.3 Å². The number of aliphatic hydroxyl groups is 1. The molecule has 3 nitrogen and oxygen atoms in total. The number of hydrogen-bond acceptors (Lipinski definition) is 3. The second-order valence-electron chi connectivity index (χ2n) is 5.39. The Morgan fingerprint density at radius 1 is 0.833 bits per heavy atom. The van der Waals surface area contributed by atoms with Crippen LogP contribution >= 0.6 is 0 Å². The summed E-state index contributed by atoms with van der Waals surface area (Å²) in [6.45, 7) is 0.950. The van der Waals surface area contributed by atoms with Gasteiger partial charge in [0.1, 0.15) is 23.2 Å². The third kappa shape index (κ3) is 3.53. The second kappa shape index (κ2) is 7.38. The first kappa shape index (κ1) is 16.4. The topological polar surface area (TPSA) is 45.4 Å². The quantitative estimate of drug-likeness (QED) is 0.718. The highest BCUT2D eigenvalue weighted by Gasteiger charge is 2.14. The van der Waals surface area contributed by atoms with Crippen LogP contribution in [0.2, 0.25) is 0 Å². The monoisotopic (exact) mass is 329 g/mol. The highest BCUT2D eigenvalue weighted by atomic mass is 19.1. The molecule has 3 aromatic rings. The lowest BCUT2D eigenvalue weighted by atomic mass is 10.1. The first-order valence-electron chi connectivity index (χ1n) is 7.60. The van der Waals surface area contributed by atoms with Gasteiger partial charge in [-0.15, -0.1) is 0 Å². The molecule has 0 unspecified atom stereocenters. The van der Waals surface area contributed by atoms with Crippen LogP contribution in [0.4, 0.5) is 8.78 Å². The molecule has 0 aliphatic carbocycles. The van der Waals surface area contributed by atoms with E-state index in [-0.39, 0.29) is 17.9 Å². The van der Waals surface area contributed by atoms with E-state index in [1.807, 2.05) is 24.3 Å². The van der Waals surface area contributed by atoms with Gasteiger partial charge in [-0.2, -0.15) is 0 Å². The summed E-state index contributed by atoms with van der Waals surface area (Å²) in [5.41, 5.74) is 1.69. The predicted octanol–water partition coefficient (Wildman–Crippen LogP) is 4.01. The van der Waals surface area contributed by atoms with Gasteiger partial charge in [0.2, 0.25) is 0 Å². The standard InChI is InChI=1S/C19H17F2NO2/c20-16-6-3-7-17(21)19(16)18-9-8-15(24-18)11-22-10-13-4-1-2-5-14(13)12-23/h1-9,22-23H,10-12H2. The Morgan fingerprint density at radius 3 is 2.25 bits per heavy atom. The molecule has 0 spiro atoms. The molecule has 0 aliphatic rings. The summed E-state index contributed by atoms with van der Waals surface area (Å²) in [6.07, 6.45) is 0. The van der Waals surface area contributed by atoms with Gasteiger partial charge in [-0.3, -0.25) is 0 Å². The lowest BCUT2D eigenvalue weighted by molar-refractivity contribution is 0.280. The van der Waals surface area contributed by atoms with Gasteiger partial charge >= 0.3 is 0 Å². The molecule has 2 N–H and O–H groups in total. The van der Waals surface area contributed by atoms with Crippen molar-refractivity contribution in [3.05, 3.63) is 83.1 Å². The largest absolute Gasteiger partial charge is 0.460 e. The van der Waals surface area contributed by atoms with E-state index in [0.29, 0.717) is 18.8 Å². The smallest absolute Gasteiger partial charge is 0.140 e. The van der Waals surface area contributed by atoms with Gasteiger partial charge < -0.3 is 14.8 Å². The van der Waals surface area contributed by atoms with Crippen molar-refractivity contribution in [1.82, 2.24) is 5.32 Å². The van der Waals surface area contributed by atoms with Crippen LogP contribution in [0.3, 0.4) is 0 Å². The van der Waals surface area contributed by atoms with Crippen LogP contribution in [-0.2, 0) is 19.7 Å². The lowest BCUT2D eigenvalue weighted by Crippen LogP contribution is -2.13. The highest BCUT2D eigenvalue weighted by molar-refractivity contribution is 5.59. The van der Waals surface area contributed by atoms with E-state index in [1.165, 1.54) is 18.2 Å². The number of halogens is 2. The maximum atomic E-state index is 13.8. The summed E-state index contributed by atoms with van der Waals surface area (Å²) in [7, 11) is 0. The fourth-order valence-corrected chi connectivity index (χ4v) is 2.55. The molecule has 3 rings (SSSR count). The Bertz CT molecular complexity index is 809. The van der Waals surface area contributed by atoms with Crippen molar-refractivity contribution in [3.8, 4) is 11.3 Å². The molecular weight excluding hydrogens is 312 g/mol. The molecule has 0 saturated carbocycles. The highest BCUT2D eigenvalue weighted by Crippen LogP contribution is 2.27. The number of nitrogens with one attached hydrogen (secondary N) is 1. The minimum atomic E-state index is -0.652. The van der Waals surface area contributed by atoms with Crippen LogP contribution in [0.1, 0.15) is 16.9 Å². The molecule has 24 heavy (non-hydrogen) atoms. The van der Waals surface area contributed by atoms with E-state index in [0.717, 1.165) is 11.1 Å². The number of aliphatic hydroxyl groups excluding tert-OH is 1. The van der Waals surface area contributed by atoms with Crippen LogP contribution in [-0.4, -0.2) is 5.11 Å². The van der Waals surface area contributed by atoms with Crippen LogP contribution in [0, 0.1) is 11.6 Å². The number of furan rings is 1. The van der Waals surface area contributed by atoms with Gasteiger partial charge in [0.05, 0.1) is 18.7 Å². The number of benzene rings is 2. The molecule has 0 saturated heterocycles. The predicted molar refractivity (Wildman–Crippen MR) is 87.0 cm³/mol. The zero-order chi connectivity index (χ0) is 16.9. The average Bonchev–Trinajstić information content (AvgIpc) is 3.03. The molecule has 0 fully saturated rings. The lowest BCUT2D eigenvalue weighted by Gasteiger charge is -2.07. The van der Waals surface area contributed by atoms with Crippen molar-refractivity contribution in [2.75, 3.05) is 0 Å².